The molecule has 0 aliphatic rings. The molecule has 2 aromatic carbocycles. The highest BCUT2D eigenvalue weighted by Gasteiger charge is 2.22. The SMILES string of the molecule is CCOC(=O)c1nnc(-c2ccccc2)nc1Oc1c(Cl)cccc1Cl. The summed E-state index contributed by atoms with van der Waals surface area (Å²) < 4.78 is 10.7. The normalized spacial score (nSPS) is 10.4. The van der Waals surface area contributed by atoms with Gasteiger partial charge in [0.2, 0.25) is 5.69 Å². The molecule has 0 aliphatic carbocycles. The maximum Gasteiger partial charge on any atom is 0.364 e. The molecule has 0 N–H and O–H groups in total. The minimum atomic E-state index is -0.703. The smallest absolute Gasteiger partial charge is 0.364 e. The van der Waals surface area contributed by atoms with Crippen LogP contribution in [0.1, 0.15) is 17.4 Å². The van der Waals surface area contributed by atoms with Crippen molar-refractivity contribution >= 4 is 29.2 Å². The lowest BCUT2D eigenvalue weighted by Crippen LogP contribution is -2.12. The largest absolute Gasteiger partial charge is 0.461 e. The molecule has 0 atom stereocenters. The Bertz CT molecular complexity index is 916. The predicted molar refractivity (Wildman–Crippen MR) is 97.8 cm³/mol. The molecule has 0 saturated carbocycles. The third kappa shape index (κ3) is 3.92. The molecule has 1 aromatic heterocycles. The number of benzene rings is 2. The van der Waals surface area contributed by atoms with Crippen LogP contribution in [0.4, 0.5) is 0 Å². The first-order chi connectivity index (χ1) is 12.6. The topological polar surface area (TPSA) is 74.2 Å². The number of halogens is 2. The molecule has 3 rings (SSSR count). The molecule has 1 heterocycles. The van der Waals surface area contributed by atoms with Gasteiger partial charge in [-0.1, -0.05) is 59.6 Å². The van der Waals surface area contributed by atoms with E-state index in [0.29, 0.717) is 5.56 Å². The van der Waals surface area contributed by atoms with Crippen LogP contribution >= 0.6 is 23.2 Å². The van der Waals surface area contributed by atoms with Gasteiger partial charge in [0.15, 0.2) is 11.6 Å². The summed E-state index contributed by atoms with van der Waals surface area (Å²) in [4.78, 5) is 16.5. The zero-order chi connectivity index (χ0) is 18.5. The Morgan fingerprint density at radius 1 is 1.00 bits per heavy atom. The molecule has 0 amide bonds. The Balaban J connectivity index is 2.08. The lowest BCUT2D eigenvalue weighted by Gasteiger charge is -2.11. The highest BCUT2D eigenvalue weighted by molar-refractivity contribution is 6.37. The summed E-state index contributed by atoms with van der Waals surface area (Å²) in [5.74, 6) is -0.338. The lowest BCUT2D eigenvalue weighted by molar-refractivity contribution is 0.0514. The first-order valence-corrected chi connectivity index (χ1v) is 8.45. The van der Waals surface area contributed by atoms with Crippen molar-refractivity contribution < 1.29 is 14.3 Å². The first kappa shape index (κ1) is 18.1. The van der Waals surface area contributed by atoms with Crippen molar-refractivity contribution in [1.82, 2.24) is 15.2 Å². The number of hydrogen-bond acceptors (Lipinski definition) is 6. The minimum Gasteiger partial charge on any atom is -0.461 e. The summed E-state index contributed by atoms with van der Waals surface area (Å²) in [5.41, 5.74) is 0.549. The summed E-state index contributed by atoms with van der Waals surface area (Å²) in [5, 5.41) is 8.46. The first-order valence-electron chi connectivity index (χ1n) is 7.69. The molecule has 0 saturated heterocycles. The van der Waals surface area contributed by atoms with E-state index < -0.39 is 5.97 Å². The predicted octanol–water partition coefficient (Wildman–Crippen LogP) is 4.81. The van der Waals surface area contributed by atoms with Gasteiger partial charge < -0.3 is 9.47 Å². The molecule has 26 heavy (non-hydrogen) atoms. The van der Waals surface area contributed by atoms with Crippen LogP contribution in [0.5, 0.6) is 11.6 Å². The second-order valence-electron chi connectivity index (χ2n) is 5.03. The second kappa shape index (κ2) is 8.12. The van der Waals surface area contributed by atoms with Gasteiger partial charge in [0.25, 0.3) is 5.88 Å². The zero-order valence-corrected chi connectivity index (χ0v) is 15.2. The molecule has 0 fully saturated rings. The number of aromatic nitrogens is 3. The fourth-order valence-electron chi connectivity index (χ4n) is 2.10. The van der Waals surface area contributed by atoms with Crippen LogP contribution in [-0.2, 0) is 4.74 Å². The number of nitrogens with zero attached hydrogens (tertiary/aromatic N) is 3. The molecule has 132 valence electrons. The lowest BCUT2D eigenvalue weighted by atomic mass is 10.2. The summed E-state index contributed by atoms with van der Waals surface area (Å²) in [6.45, 7) is 1.86. The van der Waals surface area contributed by atoms with Crippen molar-refractivity contribution in [3.05, 3.63) is 64.3 Å². The molecular formula is C18H13Cl2N3O3. The van der Waals surface area contributed by atoms with Crippen molar-refractivity contribution in [3.8, 4) is 23.0 Å². The quantitative estimate of drug-likeness (QED) is 0.582. The number of ether oxygens (including phenoxy) is 2. The Hall–Kier alpha value is -2.70. The van der Waals surface area contributed by atoms with Crippen molar-refractivity contribution in [3.63, 3.8) is 0 Å². The van der Waals surface area contributed by atoms with Gasteiger partial charge in [0.1, 0.15) is 0 Å². The molecular weight excluding hydrogens is 377 g/mol. The third-order valence-electron chi connectivity index (χ3n) is 3.27. The number of hydrogen-bond donors (Lipinski definition) is 0. The van der Waals surface area contributed by atoms with Crippen molar-refractivity contribution in [2.24, 2.45) is 0 Å². The van der Waals surface area contributed by atoms with Gasteiger partial charge in [0.05, 0.1) is 16.7 Å². The van der Waals surface area contributed by atoms with Crippen LogP contribution in [-0.4, -0.2) is 27.8 Å². The van der Waals surface area contributed by atoms with Gasteiger partial charge in [-0.2, -0.15) is 4.98 Å². The molecule has 0 unspecified atom stereocenters. The Kier molecular flexibility index (Phi) is 5.65. The summed E-state index contributed by atoms with van der Waals surface area (Å²) in [6.07, 6.45) is 0. The van der Waals surface area contributed by atoms with Gasteiger partial charge in [-0.05, 0) is 19.1 Å². The molecule has 0 bridgehead atoms. The summed E-state index contributed by atoms with van der Waals surface area (Å²) in [6, 6.07) is 14.1. The number of rotatable bonds is 5. The van der Waals surface area contributed by atoms with Crippen LogP contribution in [0.25, 0.3) is 11.4 Å². The van der Waals surface area contributed by atoms with Crippen LogP contribution in [0.15, 0.2) is 48.5 Å². The minimum absolute atomic E-state index is 0.0905. The highest BCUT2D eigenvalue weighted by atomic mass is 35.5. The van der Waals surface area contributed by atoms with E-state index in [2.05, 4.69) is 15.2 Å². The standard InChI is InChI=1S/C18H13Cl2N3O3/c1-2-25-18(24)14-17(26-15-12(19)9-6-10-13(15)20)21-16(23-22-14)11-7-4-3-5-8-11/h3-10H,2H2,1H3. The van der Waals surface area contributed by atoms with E-state index >= 15 is 0 Å². The van der Waals surface area contributed by atoms with Crippen molar-refractivity contribution in [1.29, 1.82) is 0 Å². The van der Waals surface area contributed by atoms with Gasteiger partial charge in [0, 0.05) is 5.56 Å². The maximum absolute atomic E-state index is 12.2. The van der Waals surface area contributed by atoms with E-state index in [-0.39, 0.29) is 39.8 Å². The fraction of sp³-hybridized carbons (Fsp3) is 0.111. The molecule has 8 heteroatoms. The maximum atomic E-state index is 12.2. The van der Waals surface area contributed by atoms with E-state index in [1.807, 2.05) is 30.3 Å². The van der Waals surface area contributed by atoms with E-state index in [9.17, 15) is 4.79 Å². The van der Waals surface area contributed by atoms with Crippen LogP contribution in [0.2, 0.25) is 10.0 Å². The van der Waals surface area contributed by atoms with Gasteiger partial charge in [-0.25, -0.2) is 4.79 Å². The number of carbonyl (C=O) groups is 1. The highest BCUT2D eigenvalue weighted by Crippen LogP contribution is 2.36. The monoisotopic (exact) mass is 389 g/mol. The Morgan fingerprint density at radius 2 is 1.69 bits per heavy atom. The van der Waals surface area contributed by atoms with Crippen molar-refractivity contribution in [2.75, 3.05) is 6.61 Å². The van der Waals surface area contributed by atoms with Gasteiger partial charge in [-0.15, -0.1) is 10.2 Å². The van der Waals surface area contributed by atoms with E-state index in [0.717, 1.165) is 0 Å². The summed E-state index contributed by atoms with van der Waals surface area (Å²) in [7, 11) is 0. The average molecular weight is 390 g/mol. The van der Waals surface area contributed by atoms with Gasteiger partial charge in [-0.3, -0.25) is 0 Å². The molecule has 0 radical (unpaired) electrons. The average Bonchev–Trinajstić information content (AvgIpc) is 2.65. The van der Waals surface area contributed by atoms with Crippen LogP contribution in [0, 0.1) is 0 Å². The van der Waals surface area contributed by atoms with Crippen LogP contribution in [0.3, 0.4) is 0 Å². The second-order valence-corrected chi connectivity index (χ2v) is 5.84. The van der Waals surface area contributed by atoms with E-state index in [1.54, 1.807) is 25.1 Å². The fourth-order valence-corrected chi connectivity index (χ4v) is 2.57. The molecule has 0 spiro atoms. The van der Waals surface area contributed by atoms with E-state index in [1.165, 1.54) is 0 Å². The number of carbonyl (C=O) groups excluding carboxylic acids is 1. The van der Waals surface area contributed by atoms with E-state index in [4.69, 9.17) is 32.7 Å². The third-order valence-corrected chi connectivity index (χ3v) is 3.87. The Morgan fingerprint density at radius 3 is 2.35 bits per heavy atom. The van der Waals surface area contributed by atoms with Crippen molar-refractivity contribution in [2.45, 2.75) is 6.92 Å². The van der Waals surface area contributed by atoms with Crippen LogP contribution < -0.4 is 4.74 Å². The molecule has 6 nitrogen and oxygen atoms in total. The molecule has 0 aliphatic heterocycles. The number of para-hydroxylation sites is 1. The summed E-state index contributed by atoms with van der Waals surface area (Å²) >= 11 is 12.3. The van der Waals surface area contributed by atoms with Gasteiger partial charge >= 0.3 is 5.97 Å². The Labute approximate surface area is 159 Å². The molecule has 3 aromatic rings. The number of esters is 1. The zero-order valence-electron chi connectivity index (χ0n) is 13.6.